The third kappa shape index (κ3) is 4.00. The molecule has 1 heterocycles. The number of hydrogen-bond donors (Lipinski definition) is 0. The lowest BCUT2D eigenvalue weighted by molar-refractivity contribution is -0.384. The number of hydrogen-bond acceptors (Lipinski definition) is 4. The smallest absolute Gasteiger partial charge is 0.269 e. The van der Waals surface area contributed by atoms with Gasteiger partial charge in [-0.2, -0.15) is 0 Å². The van der Waals surface area contributed by atoms with Crippen molar-refractivity contribution in [2.75, 3.05) is 32.7 Å². The molecule has 0 spiro atoms. The van der Waals surface area contributed by atoms with Gasteiger partial charge in [-0.15, -0.1) is 0 Å². The maximum atomic E-state index is 12.5. The van der Waals surface area contributed by atoms with Crippen LogP contribution in [0, 0.1) is 16.0 Å². The Balaban J connectivity index is 1.51. The lowest BCUT2D eigenvalue weighted by atomic mass is 9.94. The van der Waals surface area contributed by atoms with E-state index in [0.717, 1.165) is 38.6 Å². The molecular weight excluding hydrogens is 306 g/mol. The second-order valence-corrected chi connectivity index (χ2v) is 6.55. The molecule has 1 unspecified atom stereocenters. The fourth-order valence-electron chi connectivity index (χ4n) is 3.43. The number of carbonyl (C=O) groups excluding carboxylic acids is 1. The maximum Gasteiger partial charge on any atom is 0.269 e. The highest BCUT2D eigenvalue weighted by molar-refractivity contribution is 5.94. The first kappa shape index (κ1) is 16.6. The quantitative estimate of drug-likeness (QED) is 0.484. The van der Waals surface area contributed by atoms with E-state index in [1.807, 2.05) is 4.90 Å². The molecule has 1 aliphatic heterocycles. The Morgan fingerprint density at radius 2 is 1.83 bits per heavy atom. The van der Waals surface area contributed by atoms with Crippen molar-refractivity contribution in [3.8, 4) is 0 Å². The first-order valence-corrected chi connectivity index (χ1v) is 8.54. The summed E-state index contributed by atoms with van der Waals surface area (Å²) in [6.07, 6.45) is 8.16. The number of nitrogens with zero attached hydrogens (tertiary/aromatic N) is 3. The van der Waals surface area contributed by atoms with Crippen LogP contribution in [-0.2, 0) is 0 Å². The molecule has 128 valence electrons. The SMILES string of the molecule is O=C(c1ccc([N+](=O)[O-])cc1)N1CCN(CC2CC=CCC2)CC1. The van der Waals surface area contributed by atoms with Crippen LogP contribution in [-0.4, -0.2) is 53.4 Å². The van der Waals surface area contributed by atoms with Gasteiger partial charge >= 0.3 is 0 Å². The summed E-state index contributed by atoms with van der Waals surface area (Å²) in [6.45, 7) is 4.36. The molecule has 1 fully saturated rings. The standard InChI is InChI=1S/C18H23N3O3/c22-18(16-6-8-17(9-7-16)21(23)24)20-12-10-19(11-13-20)14-15-4-2-1-3-5-15/h1-2,6-9,15H,3-5,10-14H2. The Hall–Kier alpha value is -2.21. The van der Waals surface area contributed by atoms with Gasteiger partial charge in [-0.1, -0.05) is 12.2 Å². The minimum atomic E-state index is -0.451. The largest absolute Gasteiger partial charge is 0.336 e. The molecule has 1 aromatic rings. The average molecular weight is 329 g/mol. The van der Waals surface area contributed by atoms with E-state index in [9.17, 15) is 14.9 Å². The van der Waals surface area contributed by atoms with Crippen LogP contribution in [0.3, 0.4) is 0 Å². The van der Waals surface area contributed by atoms with Crippen LogP contribution in [0.4, 0.5) is 5.69 Å². The van der Waals surface area contributed by atoms with Crippen molar-refractivity contribution in [2.45, 2.75) is 19.3 Å². The number of amides is 1. The number of carbonyl (C=O) groups is 1. The summed E-state index contributed by atoms with van der Waals surface area (Å²) in [5, 5.41) is 10.7. The predicted octanol–water partition coefficient (Wildman–Crippen LogP) is 2.71. The van der Waals surface area contributed by atoms with Crippen molar-refractivity contribution in [2.24, 2.45) is 5.92 Å². The summed E-state index contributed by atoms with van der Waals surface area (Å²) >= 11 is 0. The van der Waals surface area contributed by atoms with Crippen LogP contribution in [0.1, 0.15) is 29.6 Å². The Labute approximate surface area is 141 Å². The van der Waals surface area contributed by atoms with Gasteiger partial charge in [0.2, 0.25) is 0 Å². The Bertz CT molecular complexity index is 619. The lowest BCUT2D eigenvalue weighted by Crippen LogP contribution is -2.49. The van der Waals surface area contributed by atoms with E-state index >= 15 is 0 Å². The summed E-state index contributed by atoms with van der Waals surface area (Å²) in [5.41, 5.74) is 0.532. The molecule has 0 saturated carbocycles. The van der Waals surface area contributed by atoms with E-state index in [1.54, 1.807) is 12.1 Å². The maximum absolute atomic E-state index is 12.5. The second kappa shape index (κ2) is 7.57. The topological polar surface area (TPSA) is 66.7 Å². The molecule has 0 aromatic heterocycles. The normalized spacial score (nSPS) is 21.7. The van der Waals surface area contributed by atoms with Crippen LogP contribution in [0.2, 0.25) is 0 Å². The molecule has 3 rings (SSSR count). The van der Waals surface area contributed by atoms with Crippen LogP contribution in [0.25, 0.3) is 0 Å². The molecule has 0 bridgehead atoms. The van der Waals surface area contributed by atoms with Gasteiger partial charge < -0.3 is 4.90 Å². The second-order valence-electron chi connectivity index (χ2n) is 6.55. The van der Waals surface area contributed by atoms with E-state index < -0.39 is 4.92 Å². The zero-order valence-electron chi connectivity index (χ0n) is 13.8. The van der Waals surface area contributed by atoms with Crippen molar-refractivity contribution in [3.63, 3.8) is 0 Å². The van der Waals surface area contributed by atoms with Crippen LogP contribution in [0.15, 0.2) is 36.4 Å². The number of nitro benzene ring substituents is 1. The van der Waals surface area contributed by atoms with Gasteiger partial charge in [0.15, 0.2) is 0 Å². The monoisotopic (exact) mass is 329 g/mol. The fourth-order valence-corrected chi connectivity index (χ4v) is 3.43. The van der Waals surface area contributed by atoms with Crippen molar-refractivity contribution in [3.05, 3.63) is 52.1 Å². The Kier molecular flexibility index (Phi) is 5.25. The lowest BCUT2D eigenvalue weighted by Gasteiger charge is -2.36. The molecule has 1 aromatic carbocycles. The number of rotatable bonds is 4. The first-order chi connectivity index (χ1) is 11.6. The van der Waals surface area contributed by atoms with Gasteiger partial charge in [0.05, 0.1) is 4.92 Å². The number of non-ortho nitro benzene ring substituents is 1. The summed E-state index contributed by atoms with van der Waals surface area (Å²) in [6, 6.07) is 5.86. The van der Waals surface area contributed by atoms with Crippen LogP contribution >= 0.6 is 0 Å². The molecule has 0 radical (unpaired) electrons. The van der Waals surface area contributed by atoms with Crippen molar-refractivity contribution in [1.82, 2.24) is 9.80 Å². The Morgan fingerprint density at radius 3 is 2.42 bits per heavy atom. The molecule has 1 aliphatic carbocycles. The summed E-state index contributed by atoms with van der Waals surface area (Å²) in [5.74, 6) is 0.706. The predicted molar refractivity (Wildman–Crippen MR) is 91.9 cm³/mol. The highest BCUT2D eigenvalue weighted by Crippen LogP contribution is 2.20. The zero-order chi connectivity index (χ0) is 16.9. The van der Waals surface area contributed by atoms with Gasteiger partial charge in [0.1, 0.15) is 0 Å². The molecule has 1 saturated heterocycles. The third-order valence-electron chi connectivity index (χ3n) is 4.88. The zero-order valence-corrected chi connectivity index (χ0v) is 13.8. The highest BCUT2D eigenvalue weighted by Gasteiger charge is 2.24. The van der Waals surface area contributed by atoms with E-state index in [2.05, 4.69) is 17.1 Å². The Morgan fingerprint density at radius 1 is 1.12 bits per heavy atom. The third-order valence-corrected chi connectivity index (χ3v) is 4.88. The number of nitro groups is 1. The van der Waals surface area contributed by atoms with Gasteiger partial charge in [-0.3, -0.25) is 19.8 Å². The number of piperazine rings is 1. The van der Waals surface area contributed by atoms with Gasteiger partial charge in [-0.05, 0) is 37.3 Å². The average Bonchev–Trinajstić information content (AvgIpc) is 2.63. The highest BCUT2D eigenvalue weighted by atomic mass is 16.6. The van der Waals surface area contributed by atoms with Crippen LogP contribution < -0.4 is 0 Å². The van der Waals surface area contributed by atoms with E-state index in [0.29, 0.717) is 5.56 Å². The molecule has 1 atom stereocenters. The molecule has 24 heavy (non-hydrogen) atoms. The van der Waals surface area contributed by atoms with E-state index in [1.165, 1.54) is 31.4 Å². The van der Waals surface area contributed by atoms with Crippen LogP contribution in [0.5, 0.6) is 0 Å². The molecule has 0 N–H and O–H groups in total. The fraction of sp³-hybridized carbons (Fsp3) is 0.500. The minimum Gasteiger partial charge on any atom is -0.336 e. The minimum absolute atomic E-state index is 0.0119. The van der Waals surface area contributed by atoms with Crippen molar-refractivity contribution in [1.29, 1.82) is 0 Å². The molecular formula is C18H23N3O3. The summed E-state index contributed by atoms with van der Waals surface area (Å²) in [4.78, 5) is 27.0. The van der Waals surface area contributed by atoms with Crippen molar-refractivity contribution < 1.29 is 9.72 Å². The summed E-state index contributed by atoms with van der Waals surface area (Å²) < 4.78 is 0. The molecule has 6 nitrogen and oxygen atoms in total. The van der Waals surface area contributed by atoms with Crippen molar-refractivity contribution >= 4 is 11.6 Å². The van der Waals surface area contributed by atoms with E-state index in [-0.39, 0.29) is 11.6 Å². The molecule has 2 aliphatic rings. The number of benzene rings is 1. The molecule has 1 amide bonds. The number of allylic oxidation sites excluding steroid dienone is 2. The van der Waals surface area contributed by atoms with Gasteiger partial charge in [0, 0.05) is 50.4 Å². The van der Waals surface area contributed by atoms with Gasteiger partial charge in [-0.25, -0.2) is 0 Å². The van der Waals surface area contributed by atoms with Gasteiger partial charge in [0.25, 0.3) is 11.6 Å². The molecule has 6 heteroatoms. The van der Waals surface area contributed by atoms with E-state index in [4.69, 9.17) is 0 Å². The summed E-state index contributed by atoms with van der Waals surface area (Å²) in [7, 11) is 0. The first-order valence-electron chi connectivity index (χ1n) is 8.54.